The number of carboxylic acids is 1. The second-order valence-corrected chi connectivity index (χ2v) is 8.49. The van der Waals surface area contributed by atoms with Crippen LogP contribution in [0, 0.1) is 11.3 Å². The molecule has 2 aromatic carbocycles. The van der Waals surface area contributed by atoms with Crippen LogP contribution in [0.1, 0.15) is 44.7 Å². The summed E-state index contributed by atoms with van der Waals surface area (Å²) < 4.78 is 0. The van der Waals surface area contributed by atoms with Crippen molar-refractivity contribution in [2.24, 2.45) is 11.3 Å². The van der Waals surface area contributed by atoms with Gasteiger partial charge in [-0.3, -0.25) is 14.5 Å². The van der Waals surface area contributed by atoms with Crippen LogP contribution >= 0.6 is 0 Å². The molecular weight excluding hydrogens is 352 g/mol. The molecule has 0 bridgehead atoms. The predicted octanol–water partition coefficient (Wildman–Crippen LogP) is 3.59. The highest BCUT2D eigenvalue weighted by Crippen LogP contribution is 2.49. The van der Waals surface area contributed by atoms with E-state index in [1.807, 2.05) is 26.0 Å². The van der Waals surface area contributed by atoms with Gasteiger partial charge in [0.05, 0.1) is 17.5 Å². The molecule has 148 valence electrons. The number of aliphatic carboxylic acids is 1. The Morgan fingerprint density at radius 1 is 1.18 bits per heavy atom. The normalized spacial score (nSPS) is 26.7. The molecule has 2 aliphatic rings. The van der Waals surface area contributed by atoms with Gasteiger partial charge in [-0.25, -0.2) is 0 Å². The van der Waals surface area contributed by atoms with Crippen LogP contribution in [0.15, 0.2) is 42.5 Å². The van der Waals surface area contributed by atoms with E-state index in [2.05, 4.69) is 40.5 Å². The van der Waals surface area contributed by atoms with Crippen LogP contribution in [-0.2, 0) is 9.59 Å². The Labute approximate surface area is 165 Å². The van der Waals surface area contributed by atoms with Crippen LogP contribution in [0.2, 0.25) is 0 Å². The maximum Gasteiger partial charge on any atom is 0.311 e. The lowest BCUT2D eigenvalue weighted by molar-refractivity contribution is -0.149. The number of fused-ring (bicyclic) bond motifs is 2. The summed E-state index contributed by atoms with van der Waals surface area (Å²) in [6.07, 6.45) is 2.65. The molecule has 2 N–H and O–H groups in total. The molecule has 2 fully saturated rings. The molecule has 1 saturated carbocycles. The van der Waals surface area contributed by atoms with Gasteiger partial charge in [0.25, 0.3) is 0 Å². The zero-order valence-corrected chi connectivity index (χ0v) is 16.5. The smallest absolute Gasteiger partial charge is 0.311 e. The molecule has 5 nitrogen and oxygen atoms in total. The topological polar surface area (TPSA) is 69.6 Å². The summed E-state index contributed by atoms with van der Waals surface area (Å²) in [6, 6.07) is 14.0. The third-order valence-corrected chi connectivity index (χ3v) is 6.88. The van der Waals surface area contributed by atoms with E-state index in [1.54, 1.807) is 0 Å². The fourth-order valence-corrected chi connectivity index (χ4v) is 5.03. The van der Waals surface area contributed by atoms with Crippen molar-refractivity contribution in [1.29, 1.82) is 0 Å². The Bertz CT molecular complexity index is 912. The van der Waals surface area contributed by atoms with E-state index in [1.165, 1.54) is 5.39 Å². The summed E-state index contributed by atoms with van der Waals surface area (Å²) in [4.78, 5) is 26.8. The zero-order chi connectivity index (χ0) is 19.9. The molecular formula is C23H28N2O3. The van der Waals surface area contributed by atoms with Crippen molar-refractivity contribution in [3.05, 3.63) is 48.0 Å². The first kappa shape index (κ1) is 18.9. The summed E-state index contributed by atoms with van der Waals surface area (Å²) in [5, 5.41) is 15.2. The number of benzene rings is 2. The minimum absolute atomic E-state index is 0.0406. The maximum atomic E-state index is 12.9. The van der Waals surface area contributed by atoms with E-state index < -0.39 is 11.4 Å². The molecule has 0 aromatic heterocycles. The van der Waals surface area contributed by atoms with Gasteiger partial charge >= 0.3 is 5.97 Å². The number of likely N-dealkylation sites (tertiary alicyclic amines) is 1. The molecule has 2 unspecified atom stereocenters. The first-order valence-corrected chi connectivity index (χ1v) is 10.2. The Kier molecular flexibility index (Phi) is 4.88. The van der Waals surface area contributed by atoms with Gasteiger partial charge in [-0.2, -0.15) is 0 Å². The number of nitrogens with one attached hydrogen (secondary N) is 1. The molecule has 1 heterocycles. The van der Waals surface area contributed by atoms with Crippen LogP contribution < -0.4 is 5.32 Å². The van der Waals surface area contributed by atoms with Crippen LogP contribution in [0.4, 0.5) is 0 Å². The maximum absolute atomic E-state index is 12.9. The van der Waals surface area contributed by atoms with Crippen LogP contribution in [0.25, 0.3) is 10.8 Å². The van der Waals surface area contributed by atoms with Crippen molar-refractivity contribution in [2.45, 2.75) is 45.2 Å². The van der Waals surface area contributed by atoms with Crippen LogP contribution in [-0.4, -0.2) is 41.0 Å². The Balaban J connectivity index is 1.43. The lowest BCUT2D eigenvalue weighted by atomic mass is 9.81. The van der Waals surface area contributed by atoms with E-state index in [4.69, 9.17) is 0 Å². The fraction of sp³-hybridized carbons (Fsp3) is 0.478. The standard InChI is InChI=1S/C23H28N2O3/c1-15(18-10-9-17-6-3-4-7-19(17)12-18)24-21(26)16(2)25-13-20-8-5-11-23(20,14-25)22(27)28/h3-4,6-7,9-10,12,15-16,20H,5,8,11,13-14H2,1-2H3,(H,24,26)(H,27,28)/t15?,16?,20-,23+/m0/s1. The average Bonchev–Trinajstić information content (AvgIpc) is 3.25. The van der Waals surface area contributed by atoms with Gasteiger partial charge in [0, 0.05) is 13.1 Å². The van der Waals surface area contributed by atoms with E-state index in [-0.39, 0.29) is 23.9 Å². The van der Waals surface area contributed by atoms with E-state index in [0.717, 1.165) is 30.2 Å². The summed E-state index contributed by atoms with van der Waals surface area (Å²) in [7, 11) is 0. The van der Waals surface area contributed by atoms with Crippen molar-refractivity contribution in [1.82, 2.24) is 10.2 Å². The number of carboxylic acid groups (broad SMARTS) is 1. The molecule has 4 atom stereocenters. The number of nitrogens with zero attached hydrogens (tertiary/aromatic N) is 1. The highest BCUT2D eigenvalue weighted by molar-refractivity contribution is 5.84. The highest BCUT2D eigenvalue weighted by Gasteiger charge is 2.55. The van der Waals surface area contributed by atoms with Crippen molar-refractivity contribution in [3.63, 3.8) is 0 Å². The van der Waals surface area contributed by atoms with Gasteiger partial charge in [-0.1, -0.05) is 42.8 Å². The summed E-state index contributed by atoms with van der Waals surface area (Å²) in [5.74, 6) is -0.575. The second kappa shape index (κ2) is 7.21. The van der Waals surface area contributed by atoms with Gasteiger partial charge in [0.15, 0.2) is 0 Å². The molecule has 0 spiro atoms. The molecule has 28 heavy (non-hydrogen) atoms. The first-order valence-electron chi connectivity index (χ1n) is 10.2. The zero-order valence-electron chi connectivity index (χ0n) is 16.5. The van der Waals surface area contributed by atoms with Gasteiger partial charge in [-0.15, -0.1) is 0 Å². The van der Waals surface area contributed by atoms with E-state index in [9.17, 15) is 14.7 Å². The molecule has 4 rings (SSSR count). The van der Waals surface area contributed by atoms with E-state index in [0.29, 0.717) is 13.1 Å². The Hall–Kier alpha value is -2.40. The minimum atomic E-state index is -0.699. The van der Waals surface area contributed by atoms with Gasteiger partial charge < -0.3 is 10.4 Å². The van der Waals surface area contributed by atoms with Crippen molar-refractivity contribution >= 4 is 22.6 Å². The number of rotatable bonds is 5. The number of hydrogen-bond donors (Lipinski definition) is 2. The monoisotopic (exact) mass is 380 g/mol. The minimum Gasteiger partial charge on any atom is -0.481 e. The highest BCUT2D eigenvalue weighted by atomic mass is 16.4. The Morgan fingerprint density at radius 2 is 1.93 bits per heavy atom. The average molecular weight is 380 g/mol. The van der Waals surface area contributed by atoms with E-state index >= 15 is 0 Å². The fourth-order valence-electron chi connectivity index (χ4n) is 5.03. The second-order valence-electron chi connectivity index (χ2n) is 8.49. The SMILES string of the molecule is CC(NC(=O)C(C)N1C[C@@H]2CCC[C@@]2(C(=O)O)C1)c1ccc2ccccc2c1. The molecule has 5 heteroatoms. The van der Waals surface area contributed by atoms with Crippen molar-refractivity contribution in [2.75, 3.05) is 13.1 Å². The van der Waals surface area contributed by atoms with Crippen molar-refractivity contribution < 1.29 is 14.7 Å². The predicted molar refractivity (Wildman–Crippen MR) is 109 cm³/mol. The van der Waals surface area contributed by atoms with Gasteiger partial charge in [0.1, 0.15) is 0 Å². The molecule has 1 aliphatic heterocycles. The molecule has 1 aliphatic carbocycles. The summed E-state index contributed by atoms with van der Waals surface area (Å²) >= 11 is 0. The molecule has 1 amide bonds. The molecule has 1 saturated heterocycles. The van der Waals surface area contributed by atoms with Crippen molar-refractivity contribution in [3.8, 4) is 0 Å². The number of carbonyl (C=O) groups is 2. The lowest BCUT2D eigenvalue weighted by Gasteiger charge is -2.27. The lowest BCUT2D eigenvalue weighted by Crippen LogP contribution is -2.46. The van der Waals surface area contributed by atoms with Crippen LogP contribution in [0.3, 0.4) is 0 Å². The number of hydrogen-bond acceptors (Lipinski definition) is 3. The van der Waals surface area contributed by atoms with Gasteiger partial charge in [-0.05, 0) is 55.0 Å². The largest absolute Gasteiger partial charge is 0.481 e. The van der Waals surface area contributed by atoms with Gasteiger partial charge in [0.2, 0.25) is 5.91 Å². The molecule has 2 aromatic rings. The quantitative estimate of drug-likeness (QED) is 0.832. The third kappa shape index (κ3) is 3.18. The third-order valence-electron chi connectivity index (χ3n) is 6.88. The van der Waals surface area contributed by atoms with Crippen LogP contribution in [0.5, 0.6) is 0 Å². The molecule has 0 radical (unpaired) electrons. The first-order chi connectivity index (χ1) is 13.4. The number of amides is 1. The number of carbonyl (C=O) groups excluding carboxylic acids is 1. The Morgan fingerprint density at radius 3 is 2.64 bits per heavy atom. The summed E-state index contributed by atoms with van der Waals surface area (Å²) in [5.41, 5.74) is 0.415. The summed E-state index contributed by atoms with van der Waals surface area (Å²) in [6.45, 7) is 5.06.